The van der Waals surface area contributed by atoms with E-state index in [1.165, 1.54) is 0 Å². The van der Waals surface area contributed by atoms with Crippen molar-refractivity contribution in [1.29, 1.82) is 0 Å². The minimum absolute atomic E-state index is 0.177. The number of carbonyl (C=O) groups is 1. The minimum Gasteiger partial charge on any atom is -0.451 e. The van der Waals surface area contributed by atoms with E-state index in [-0.39, 0.29) is 17.7 Å². The lowest BCUT2D eigenvalue weighted by Gasteiger charge is -2.32. The van der Waals surface area contributed by atoms with Crippen molar-refractivity contribution >= 4 is 17.5 Å². The molecule has 26 heavy (non-hydrogen) atoms. The molecule has 0 saturated carbocycles. The second-order valence-electron chi connectivity index (χ2n) is 6.33. The molecule has 0 N–H and O–H groups in total. The van der Waals surface area contributed by atoms with Crippen molar-refractivity contribution in [1.82, 2.24) is 15.0 Å². The van der Waals surface area contributed by atoms with E-state index in [1.54, 1.807) is 30.0 Å². The standard InChI is InChI=1S/C19H18ClN3O3/c1-12-21-18(26-22-12)15-8-4-5-11-23(15)19(24)17-10-9-16(25-17)13-6-2-3-7-14(13)20/h2-3,6-7,9-10,15H,4-5,8,11H2,1H3/t15-/m0/s1. The summed E-state index contributed by atoms with van der Waals surface area (Å²) in [6, 6.07) is 10.6. The van der Waals surface area contributed by atoms with Crippen LogP contribution in [0.1, 0.15) is 47.6 Å². The number of carbonyl (C=O) groups excluding carboxylic acids is 1. The molecule has 1 aliphatic heterocycles. The summed E-state index contributed by atoms with van der Waals surface area (Å²) in [5, 5.41) is 4.43. The number of furan rings is 1. The van der Waals surface area contributed by atoms with Gasteiger partial charge in [-0.1, -0.05) is 28.9 Å². The molecule has 2 aromatic heterocycles. The van der Waals surface area contributed by atoms with Crippen LogP contribution in [-0.4, -0.2) is 27.5 Å². The maximum absolute atomic E-state index is 13.0. The van der Waals surface area contributed by atoms with Crippen molar-refractivity contribution in [3.8, 4) is 11.3 Å². The Balaban J connectivity index is 1.61. The van der Waals surface area contributed by atoms with E-state index in [2.05, 4.69) is 10.1 Å². The van der Waals surface area contributed by atoms with E-state index in [0.29, 0.717) is 29.0 Å². The van der Waals surface area contributed by atoms with Crippen molar-refractivity contribution in [2.24, 2.45) is 0 Å². The van der Waals surface area contributed by atoms with Gasteiger partial charge in [0.25, 0.3) is 5.91 Å². The van der Waals surface area contributed by atoms with Gasteiger partial charge < -0.3 is 13.8 Å². The molecule has 1 amide bonds. The molecule has 1 fully saturated rings. The topological polar surface area (TPSA) is 72.4 Å². The SMILES string of the molecule is Cc1noc([C@@H]2CCCCN2C(=O)c2ccc(-c3ccccc3Cl)o2)n1. The quantitative estimate of drug-likeness (QED) is 0.669. The zero-order valence-corrected chi connectivity index (χ0v) is 15.1. The van der Waals surface area contributed by atoms with Gasteiger partial charge in [-0.05, 0) is 50.5 Å². The number of likely N-dealkylation sites (tertiary alicyclic amines) is 1. The van der Waals surface area contributed by atoms with Crippen LogP contribution in [-0.2, 0) is 0 Å². The van der Waals surface area contributed by atoms with Crippen molar-refractivity contribution in [3.63, 3.8) is 0 Å². The van der Waals surface area contributed by atoms with Crippen LogP contribution in [0.4, 0.5) is 0 Å². The van der Waals surface area contributed by atoms with E-state index in [9.17, 15) is 4.79 Å². The number of piperidine rings is 1. The maximum atomic E-state index is 13.0. The molecule has 7 heteroatoms. The second kappa shape index (κ2) is 6.96. The number of rotatable bonds is 3. The Morgan fingerprint density at radius 2 is 2.08 bits per heavy atom. The fourth-order valence-electron chi connectivity index (χ4n) is 3.28. The first-order chi connectivity index (χ1) is 12.6. The summed E-state index contributed by atoms with van der Waals surface area (Å²) >= 11 is 6.22. The van der Waals surface area contributed by atoms with Gasteiger partial charge in [-0.2, -0.15) is 4.98 Å². The van der Waals surface area contributed by atoms with Crippen LogP contribution in [0.2, 0.25) is 5.02 Å². The van der Waals surface area contributed by atoms with Crippen molar-refractivity contribution in [3.05, 3.63) is 58.9 Å². The molecule has 0 aliphatic carbocycles. The first-order valence-corrected chi connectivity index (χ1v) is 8.97. The van der Waals surface area contributed by atoms with Gasteiger partial charge in [-0.25, -0.2) is 0 Å². The predicted octanol–water partition coefficient (Wildman–Crippen LogP) is 4.66. The normalized spacial score (nSPS) is 17.5. The van der Waals surface area contributed by atoms with Gasteiger partial charge in [0.2, 0.25) is 5.89 Å². The molecular weight excluding hydrogens is 354 g/mol. The molecule has 1 aromatic carbocycles. The lowest BCUT2D eigenvalue weighted by molar-refractivity contribution is 0.0530. The van der Waals surface area contributed by atoms with E-state index in [0.717, 1.165) is 24.8 Å². The highest BCUT2D eigenvalue weighted by Crippen LogP contribution is 2.33. The van der Waals surface area contributed by atoms with Crippen LogP contribution in [0, 0.1) is 6.92 Å². The van der Waals surface area contributed by atoms with Crippen LogP contribution in [0.15, 0.2) is 45.3 Å². The van der Waals surface area contributed by atoms with Gasteiger partial charge in [-0.3, -0.25) is 4.79 Å². The molecular formula is C19H18ClN3O3. The zero-order chi connectivity index (χ0) is 18.1. The van der Waals surface area contributed by atoms with E-state index in [1.807, 2.05) is 18.2 Å². The number of halogens is 1. The highest BCUT2D eigenvalue weighted by atomic mass is 35.5. The Kier molecular flexibility index (Phi) is 4.51. The van der Waals surface area contributed by atoms with Crippen LogP contribution in [0.3, 0.4) is 0 Å². The van der Waals surface area contributed by atoms with E-state index < -0.39 is 0 Å². The third-order valence-electron chi connectivity index (χ3n) is 4.55. The summed E-state index contributed by atoms with van der Waals surface area (Å²) in [5.74, 6) is 1.72. The first-order valence-electron chi connectivity index (χ1n) is 8.59. The Hall–Kier alpha value is -2.60. The predicted molar refractivity (Wildman–Crippen MR) is 95.8 cm³/mol. The van der Waals surface area contributed by atoms with Crippen molar-refractivity contribution in [2.75, 3.05) is 6.54 Å². The summed E-state index contributed by atoms with van der Waals surface area (Å²) in [7, 11) is 0. The summed E-state index contributed by atoms with van der Waals surface area (Å²) < 4.78 is 11.1. The molecule has 3 heterocycles. The molecule has 3 aromatic rings. The van der Waals surface area contributed by atoms with Gasteiger partial charge in [0, 0.05) is 12.1 Å². The number of aromatic nitrogens is 2. The monoisotopic (exact) mass is 371 g/mol. The van der Waals surface area contributed by atoms with Gasteiger partial charge in [0.1, 0.15) is 11.8 Å². The average Bonchev–Trinajstić information content (AvgIpc) is 3.31. The molecule has 1 aliphatic rings. The Morgan fingerprint density at radius 1 is 1.23 bits per heavy atom. The molecule has 0 spiro atoms. The van der Waals surface area contributed by atoms with Crippen molar-refractivity contribution in [2.45, 2.75) is 32.2 Å². The number of amides is 1. The van der Waals surface area contributed by atoms with E-state index >= 15 is 0 Å². The summed E-state index contributed by atoms with van der Waals surface area (Å²) in [6.07, 6.45) is 2.75. The first kappa shape index (κ1) is 16.8. The Bertz CT molecular complexity index is 934. The lowest BCUT2D eigenvalue weighted by atomic mass is 10.0. The largest absolute Gasteiger partial charge is 0.451 e. The lowest BCUT2D eigenvalue weighted by Crippen LogP contribution is -2.38. The minimum atomic E-state index is -0.216. The number of benzene rings is 1. The number of aryl methyl sites for hydroxylation is 1. The van der Waals surface area contributed by atoms with Gasteiger partial charge in [0.15, 0.2) is 11.6 Å². The van der Waals surface area contributed by atoms with Gasteiger partial charge in [-0.15, -0.1) is 0 Å². The Morgan fingerprint density at radius 3 is 2.85 bits per heavy atom. The maximum Gasteiger partial charge on any atom is 0.290 e. The smallest absolute Gasteiger partial charge is 0.290 e. The van der Waals surface area contributed by atoms with Crippen LogP contribution < -0.4 is 0 Å². The van der Waals surface area contributed by atoms with Crippen LogP contribution in [0.25, 0.3) is 11.3 Å². The molecule has 1 saturated heterocycles. The van der Waals surface area contributed by atoms with Crippen LogP contribution in [0.5, 0.6) is 0 Å². The van der Waals surface area contributed by atoms with Gasteiger partial charge in [0.05, 0.1) is 5.02 Å². The van der Waals surface area contributed by atoms with Crippen molar-refractivity contribution < 1.29 is 13.7 Å². The molecule has 0 radical (unpaired) electrons. The molecule has 134 valence electrons. The number of hydrogen-bond donors (Lipinski definition) is 0. The number of hydrogen-bond acceptors (Lipinski definition) is 5. The second-order valence-corrected chi connectivity index (χ2v) is 6.74. The number of nitrogens with zero attached hydrogens (tertiary/aromatic N) is 3. The average molecular weight is 372 g/mol. The fraction of sp³-hybridized carbons (Fsp3) is 0.316. The van der Waals surface area contributed by atoms with Gasteiger partial charge >= 0.3 is 0 Å². The Labute approximate surface area is 155 Å². The fourth-order valence-corrected chi connectivity index (χ4v) is 3.51. The van der Waals surface area contributed by atoms with Crippen LogP contribution >= 0.6 is 11.6 Å². The third kappa shape index (κ3) is 3.12. The molecule has 0 bridgehead atoms. The zero-order valence-electron chi connectivity index (χ0n) is 14.3. The summed E-state index contributed by atoms with van der Waals surface area (Å²) in [5.41, 5.74) is 0.760. The highest BCUT2D eigenvalue weighted by molar-refractivity contribution is 6.33. The third-order valence-corrected chi connectivity index (χ3v) is 4.88. The summed E-state index contributed by atoms with van der Waals surface area (Å²) in [6.45, 7) is 2.40. The molecule has 6 nitrogen and oxygen atoms in total. The molecule has 1 atom stereocenters. The summed E-state index contributed by atoms with van der Waals surface area (Å²) in [4.78, 5) is 19.1. The highest BCUT2D eigenvalue weighted by Gasteiger charge is 2.33. The molecule has 0 unspecified atom stereocenters. The van der Waals surface area contributed by atoms with E-state index in [4.69, 9.17) is 20.5 Å². The molecule has 4 rings (SSSR count).